The minimum absolute atomic E-state index is 0.0126. The summed E-state index contributed by atoms with van der Waals surface area (Å²) in [5.41, 5.74) is 5.00. The fourth-order valence-electron chi connectivity index (χ4n) is 4.69. The van der Waals surface area contributed by atoms with Gasteiger partial charge in [-0.05, 0) is 49.2 Å². The van der Waals surface area contributed by atoms with Crippen LogP contribution in [0.4, 0.5) is 5.69 Å². The zero-order valence-corrected chi connectivity index (χ0v) is 19.5. The predicted molar refractivity (Wildman–Crippen MR) is 132 cm³/mol. The van der Waals surface area contributed by atoms with Gasteiger partial charge in [-0.15, -0.1) is 0 Å². The molecule has 0 unspecified atom stereocenters. The van der Waals surface area contributed by atoms with E-state index < -0.39 is 0 Å². The molecular formula is C27H26ClN3O2. The Hall–Kier alpha value is -3.31. The monoisotopic (exact) mass is 459 g/mol. The molecule has 0 bridgehead atoms. The number of benzene rings is 3. The Bertz CT molecular complexity index is 1310. The topological polar surface area (TPSA) is 47.4 Å². The van der Waals surface area contributed by atoms with E-state index in [1.54, 1.807) is 4.90 Å². The maximum Gasteiger partial charge on any atom is 0.227 e. The Morgan fingerprint density at radius 3 is 2.52 bits per heavy atom. The lowest BCUT2D eigenvalue weighted by molar-refractivity contribution is -0.117. The molecule has 0 spiro atoms. The van der Waals surface area contributed by atoms with Gasteiger partial charge in [-0.1, -0.05) is 54.1 Å². The Balaban J connectivity index is 1.43. The van der Waals surface area contributed by atoms with E-state index in [0.717, 1.165) is 39.4 Å². The molecule has 5 rings (SSSR count). The van der Waals surface area contributed by atoms with E-state index in [9.17, 15) is 4.79 Å². The summed E-state index contributed by atoms with van der Waals surface area (Å²) in [5.74, 6) is 1.91. The molecule has 33 heavy (non-hydrogen) atoms. The van der Waals surface area contributed by atoms with Crippen LogP contribution in [0, 0.1) is 13.8 Å². The first-order valence-corrected chi connectivity index (χ1v) is 11.6. The van der Waals surface area contributed by atoms with Gasteiger partial charge >= 0.3 is 0 Å². The van der Waals surface area contributed by atoms with Crippen molar-refractivity contribution in [2.45, 2.75) is 32.7 Å². The van der Waals surface area contributed by atoms with Crippen molar-refractivity contribution >= 4 is 34.2 Å². The lowest BCUT2D eigenvalue weighted by Crippen LogP contribution is -2.25. The Morgan fingerprint density at radius 2 is 1.73 bits per heavy atom. The van der Waals surface area contributed by atoms with Gasteiger partial charge in [0.25, 0.3) is 0 Å². The lowest BCUT2D eigenvalue weighted by atomic mass is 10.1. The quantitative estimate of drug-likeness (QED) is 0.360. The van der Waals surface area contributed by atoms with Crippen LogP contribution in [0.15, 0.2) is 66.7 Å². The van der Waals surface area contributed by atoms with Crippen molar-refractivity contribution in [1.29, 1.82) is 0 Å². The largest absolute Gasteiger partial charge is 0.491 e. The normalized spacial score (nSPS) is 16.0. The highest BCUT2D eigenvalue weighted by Crippen LogP contribution is 2.36. The third kappa shape index (κ3) is 4.09. The Kier molecular flexibility index (Phi) is 5.81. The van der Waals surface area contributed by atoms with Crippen LogP contribution in [0.25, 0.3) is 11.0 Å². The summed E-state index contributed by atoms with van der Waals surface area (Å²) in [6.07, 6.45) is 0.409. The molecular weight excluding hydrogens is 434 g/mol. The van der Waals surface area contributed by atoms with E-state index >= 15 is 0 Å². The van der Waals surface area contributed by atoms with Crippen LogP contribution in [-0.4, -0.2) is 28.6 Å². The van der Waals surface area contributed by atoms with Crippen molar-refractivity contribution in [2.75, 3.05) is 18.1 Å². The molecule has 1 fully saturated rings. The highest BCUT2D eigenvalue weighted by atomic mass is 35.5. The van der Waals surface area contributed by atoms with Crippen LogP contribution in [0.1, 0.15) is 29.3 Å². The molecule has 0 aliphatic carbocycles. The number of nitrogens with zero attached hydrogens (tertiary/aromatic N) is 3. The molecule has 1 amide bonds. The number of imidazole rings is 1. The number of rotatable bonds is 6. The van der Waals surface area contributed by atoms with Crippen LogP contribution >= 0.6 is 11.6 Å². The van der Waals surface area contributed by atoms with E-state index in [0.29, 0.717) is 31.1 Å². The standard InChI is InChI=1S/C27H26ClN3O2/c1-18-8-7-9-19(2)26(18)33-15-14-30-24-13-6-4-11-22(24)29-27(30)20-16-25(32)31(17-20)23-12-5-3-10-21(23)28/h3-13,20H,14-17H2,1-2H3/t20-/m0/s1. The summed E-state index contributed by atoms with van der Waals surface area (Å²) in [6.45, 7) is 5.86. The predicted octanol–water partition coefficient (Wildman–Crippen LogP) is 5.91. The van der Waals surface area contributed by atoms with E-state index in [2.05, 4.69) is 36.6 Å². The molecule has 0 N–H and O–H groups in total. The number of fused-ring (bicyclic) bond motifs is 1. The van der Waals surface area contributed by atoms with Gasteiger partial charge in [-0.2, -0.15) is 0 Å². The number of amides is 1. The van der Waals surface area contributed by atoms with Gasteiger partial charge in [0.15, 0.2) is 0 Å². The number of carbonyl (C=O) groups is 1. The zero-order chi connectivity index (χ0) is 22.9. The second-order valence-corrected chi connectivity index (χ2v) is 8.94. The third-order valence-electron chi connectivity index (χ3n) is 6.29. The smallest absolute Gasteiger partial charge is 0.227 e. The lowest BCUT2D eigenvalue weighted by Gasteiger charge is -2.19. The van der Waals surface area contributed by atoms with Gasteiger partial charge in [0.05, 0.1) is 28.3 Å². The van der Waals surface area contributed by atoms with Crippen molar-refractivity contribution in [3.05, 3.63) is 88.7 Å². The summed E-state index contributed by atoms with van der Waals surface area (Å²) < 4.78 is 8.40. The highest BCUT2D eigenvalue weighted by molar-refractivity contribution is 6.33. The molecule has 0 saturated carbocycles. The molecule has 1 saturated heterocycles. The summed E-state index contributed by atoms with van der Waals surface area (Å²) in [7, 11) is 0. The van der Waals surface area contributed by atoms with Crippen molar-refractivity contribution in [1.82, 2.24) is 9.55 Å². The number of carbonyl (C=O) groups excluding carboxylic acids is 1. The van der Waals surface area contributed by atoms with Gasteiger partial charge in [-0.3, -0.25) is 4.79 Å². The molecule has 1 aliphatic heterocycles. The molecule has 0 radical (unpaired) electrons. The molecule has 6 heteroatoms. The van der Waals surface area contributed by atoms with E-state index in [-0.39, 0.29) is 11.8 Å². The minimum Gasteiger partial charge on any atom is -0.491 e. The molecule has 3 aromatic carbocycles. The average molecular weight is 460 g/mol. The van der Waals surface area contributed by atoms with Crippen LogP contribution < -0.4 is 9.64 Å². The molecule has 1 aromatic heterocycles. The number of ether oxygens (including phenoxy) is 1. The summed E-state index contributed by atoms with van der Waals surface area (Å²) in [6, 6.07) is 21.8. The maximum absolute atomic E-state index is 12.9. The van der Waals surface area contributed by atoms with Crippen molar-refractivity contribution in [3.63, 3.8) is 0 Å². The second kappa shape index (κ2) is 8.91. The number of hydrogen-bond donors (Lipinski definition) is 0. The van der Waals surface area contributed by atoms with Gasteiger partial charge in [0.1, 0.15) is 18.2 Å². The number of halogens is 1. The van der Waals surface area contributed by atoms with Crippen molar-refractivity contribution in [3.8, 4) is 5.75 Å². The first-order valence-electron chi connectivity index (χ1n) is 11.2. The number of aryl methyl sites for hydroxylation is 2. The zero-order valence-electron chi connectivity index (χ0n) is 18.8. The first kappa shape index (κ1) is 21.5. The van der Waals surface area contributed by atoms with Gasteiger partial charge in [-0.25, -0.2) is 4.98 Å². The summed E-state index contributed by atoms with van der Waals surface area (Å²) in [5, 5.41) is 0.585. The van der Waals surface area contributed by atoms with Gasteiger partial charge in [0.2, 0.25) is 5.91 Å². The number of anilines is 1. The Labute approximate surface area is 198 Å². The fraction of sp³-hybridized carbons (Fsp3) is 0.259. The van der Waals surface area contributed by atoms with Gasteiger partial charge in [0, 0.05) is 18.9 Å². The molecule has 4 aromatic rings. The SMILES string of the molecule is Cc1cccc(C)c1OCCn1c([C@H]2CC(=O)N(c3ccccc3Cl)C2)nc2ccccc21. The Morgan fingerprint density at radius 1 is 1.00 bits per heavy atom. The molecule has 1 aliphatic rings. The first-order chi connectivity index (χ1) is 16.0. The highest BCUT2D eigenvalue weighted by Gasteiger charge is 2.35. The molecule has 5 nitrogen and oxygen atoms in total. The van der Waals surface area contributed by atoms with Crippen LogP contribution in [-0.2, 0) is 11.3 Å². The summed E-state index contributed by atoms with van der Waals surface area (Å²) in [4.78, 5) is 19.6. The molecule has 168 valence electrons. The van der Waals surface area contributed by atoms with Crippen LogP contribution in [0.5, 0.6) is 5.75 Å². The number of para-hydroxylation sites is 4. The number of hydrogen-bond acceptors (Lipinski definition) is 3. The van der Waals surface area contributed by atoms with E-state index in [1.165, 1.54) is 0 Å². The third-order valence-corrected chi connectivity index (χ3v) is 6.61. The molecule has 1 atom stereocenters. The fourth-order valence-corrected chi connectivity index (χ4v) is 4.93. The average Bonchev–Trinajstić information content (AvgIpc) is 3.37. The van der Waals surface area contributed by atoms with E-state index in [4.69, 9.17) is 21.3 Å². The maximum atomic E-state index is 12.9. The minimum atomic E-state index is -0.0126. The second-order valence-electron chi connectivity index (χ2n) is 8.54. The molecule has 2 heterocycles. The van der Waals surface area contributed by atoms with Crippen LogP contribution in [0.2, 0.25) is 5.02 Å². The van der Waals surface area contributed by atoms with Crippen molar-refractivity contribution < 1.29 is 9.53 Å². The number of aromatic nitrogens is 2. The summed E-state index contributed by atoms with van der Waals surface area (Å²) >= 11 is 6.38. The van der Waals surface area contributed by atoms with Gasteiger partial charge < -0.3 is 14.2 Å². The van der Waals surface area contributed by atoms with E-state index in [1.807, 2.05) is 48.5 Å². The van der Waals surface area contributed by atoms with Crippen molar-refractivity contribution in [2.24, 2.45) is 0 Å². The van der Waals surface area contributed by atoms with Crippen LogP contribution in [0.3, 0.4) is 0 Å².